The van der Waals surface area contributed by atoms with E-state index in [1.807, 2.05) is 4.90 Å². The van der Waals surface area contributed by atoms with E-state index in [9.17, 15) is 9.90 Å². The summed E-state index contributed by atoms with van der Waals surface area (Å²) in [5.74, 6) is 0.783. The van der Waals surface area contributed by atoms with Gasteiger partial charge < -0.3 is 15.7 Å². The first-order valence-electron chi connectivity index (χ1n) is 7.33. The lowest BCUT2D eigenvalue weighted by molar-refractivity contribution is -0.134. The molecular weight excluding hydrogens is 228 g/mol. The fourth-order valence-electron chi connectivity index (χ4n) is 2.74. The van der Waals surface area contributed by atoms with E-state index in [0.717, 1.165) is 45.1 Å². The van der Waals surface area contributed by atoms with E-state index in [1.165, 1.54) is 0 Å². The van der Waals surface area contributed by atoms with Crippen molar-refractivity contribution in [2.24, 2.45) is 11.7 Å². The number of amides is 1. The number of carbonyl (C=O) groups is 1. The highest BCUT2D eigenvalue weighted by molar-refractivity contribution is 5.76. The van der Waals surface area contributed by atoms with Crippen LogP contribution >= 0.6 is 0 Å². The number of hydrogen-bond donors (Lipinski definition) is 2. The highest BCUT2D eigenvalue weighted by Crippen LogP contribution is 2.19. The monoisotopic (exact) mass is 256 g/mol. The average Bonchev–Trinajstić information content (AvgIpc) is 2.36. The molecule has 1 fully saturated rings. The van der Waals surface area contributed by atoms with Gasteiger partial charge in [0, 0.05) is 19.5 Å². The van der Waals surface area contributed by atoms with Crippen molar-refractivity contribution in [3.8, 4) is 0 Å². The van der Waals surface area contributed by atoms with Crippen LogP contribution in [0.2, 0.25) is 0 Å². The predicted molar refractivity (Wildman–Crippen MR) is 73.1 cm³/mol. The quantitative estimate of drug-likeness (QED) is 0.725. The lowest BCUT2D eigenvalue weighted by Crippen LogP contribution is -2.42. The van der Waals surface area contributed by atoms with Crippen molar-refractivity contribution in [2.45, 2.75) is 58.0 Å². The van der Waals surface area contributed by atoms with Gasteiger partial charge in [0.05, 0.1) is 6.10 Å². The zero-order chi connectivity index (χ0) is 13.4. The Labute approximate surface area is 111 Å². The van der Waals surface area contributed by atoms with Gasteiger partial charge in [-0.25, -0.2) is 0 Å². The molecule has 2 atom stereocenters. The fourth-order valence-corrected chi connectivity index (χ4v) is 2.74. The van der Waals surface area contributed by atoms with Gasteiger partial charge in [0.15, 0.2) is 0 Å². The molecule has 4 heteroatoms. The van der Waals surface area contributed by atoms with Crippen molar-refractivity contribution in [3.63, 3.8) is 0 Å². The molecule has 18 heavy (non-hydrogen) atoms. The molecule has 1 rings (SSSR count). The number of aliphatic hydroxyl groups is 1. The molecule has 106 valence electrons. The first-order chi connectivity index (χ1) is 8.67. The van der Waals surface area contributed by atoms with E-state index >= 15 is 0 Å². The molecule has 0 spiro atoms. The Kier molecular flexibility index (Phi) is 7.28. The Morgan fingerprint density at radius 1 is 1.44 bits per heavy atom. The van der Waals surface area contributed by atoms with Gasteiger partial charge in [-0.3, -0.25) is 4.79 Å². The van der Waals surface area contributed by atoms with Crippen LogP contribution in [0.4, 0.5) is 0 Å². The fraction of sp³-hybridized carbons (Fsp3) is 0.929. The van der Waals surface area contributed by atoms with Gasteiger partial charge in [-0.05, 0) is 38.1 Å². The molecule has 4 nitrogen and oxygen atoms in total. The normalized spacial score (nSPS) is 21.9. The average molecular weight is 256 g/mol. The zero-order valence-electron chi connectivity index (χ0n) is 11.6. The van der Waals surface area contributed by atoms with Gasteiger partial charge in [-0.1, -0.05) is 19.8 Å². The number of nitrogens with zero attached hydrogens (tertiary/aromatic N) is 1. The minimum absolute atomic E-state index is 0.201. The van der Waals surface area contributed by atoms with Crippen LogP contribution in [0.3, 0.4) is 0 Å². The van der Waals surface area contributed by atoms with Crippen LogP contribution in [-0.4, -0.2) is 41.7 Å². The Hall–Kier alpha value is -0.610. The number of piperidine rings is 1. The Bertz CT molecular complexity index is 240. The van der Waals surface area contributed by atoms with Crippen molar-refractivity contribution >= 4 is 5.91 Å². The molecule has 0 saturated carbocycles. The summed E-state index contributed by atoms with van der Waals surface area (Å²) in [6, 6.07) is 0. The SMILES string of the molecule is CCCC(CCN)CCC(=O)N1CCCC(O)C1. The molecule has 0 aromatic heterocycles. The summed E-state index contributed by atoms with van der Waals surface area (Å²) in [7, 11) is 0. The predicted octanol–water partition coefficient (Wildman–Crippen LogP) is 1.51. The Balaban J connectivity index is 2.29. The third-order valence-electron chi connectivity index (χ3n) is 3.79. The largest absolute Gasteiger partial charge is 0.391 e. The maximum absolute atomic E-state index is 12.0. The second kappa shape index (κ2) is 8.48. The van der Waals surface area contributed by atoms with Crippen LogP contribution in [0.5, 0.6) is 0 Å². The summed E-state index contributed by atoms with van der Waals surface area (Å²) < 4.78 is 0. The molecule has 0 aliphatic carbocycles. The van der Waals surface area contributed by atoms with Crippen LogP contribution in [0.1, 0.15) is 51.9 Å². The number of aliphatic hydroxyl groups excluding tert-OH is 1. The minimum atomic E-state index is -0.321. The zero-order valence-corrected chi connectivity index (χ0v) is 11.6. The maximum Gasteiger partial charge on any atom is 0.222 e. The summed E-state index contributed by atoms with van der Waals surface area (Å²) in [6.45, 7) is 4.22. The van der Waals surface area contributed by atoms with Crippen molar-refractivity contribution in [2.75, 3.05) is 19.6 Å². The number of carbonyl (C=O) groups excluding carboxylic acids is 1. The molecule has 2 unspecified atom stereocenters. The number of likely N-dealkylation sites (tertiary alicyclic amines) is 1. The van der Waals surface area contributed by atoms with Gasteiger partial charge in [-0.2, -0.15) is 0 Å². The van der Waals surface area contributed by atoms with Crippen molar-refractivity contribution < 1.29 is 9.90 Å². The lowest BCUT2D eigenvalue weighted by Gasteiger charge is -2.30. The summed E-state index contributed by atoms with van der Waals surface area (Å²) in [5.41, 5.74) is 5.60. The van der Waals surface area contributed by atoms with Gasteiger partial charge in [0.1, 0.15) is 0 Å². The van der Waals surface area contributed by atoms with Gasteiger partial charge >= 0.3 is 0 Å². The lowest BCUT2D eigenvalue weighted by atomic mass is 9.94. The summed E-state index contributed by atoms with van der Waals surface area (Å²) >= 11 is 0. The number of β-amino-alcohol motifs (C(OH)–C–C–N with tert-alkyl or cyclic N) is 1. The summed E-state index contributed by atoms with van der Waals surface area (Å²) in [6.07, 6.45) is 6.31. The standard InChI is InChI=1S/C14H28N2O2/c1-2-4-12(8-9-15)6-7-14(18)16-10-3-5-13(17)11-16/h12-13,17H,2-11,15H2,1H3. The third kappa shape index (κ3) is 5.36. The third-order valence-corrected chi connectivity index (χ3v) is 3.79. The summed E-state index contributed by atoms with van der Waals surface area (Å²) in [4.78, 5) is 13.9. The molecule has 0 radical (unpaired) electrons. The van der Waals surface area contributed by atoms with Crippen LogP contribution in [0.15, 0.2) is 0 Å². The highest BCUT2D eigenvalue weighted by Gasteiger charge is 2.22. The maximum atomic E-state index is 12.0. The Morgan fingerprint density at radius 3 is 2.83 bits per heavy atom. The molecule has 1 aliphatic rings. The van der Waals surface area contributed by atoms with E-state index in [0.29, 0.717) is 25.4 Å². The van der Waals surface area contributed by atoms with Crippen LogP contribution < -0.4 is 5.73 Å². The van der Waals surface area contributed by atoms with Crippen LogP contribution in [0.25, 0.3) is 0 Å². The second-order valence-electron chi connectivity index (χ2n) is 5.41. The molecular formula is C14H28N2O2. The molecule has 1 amide bonds. The number of hydrogen-bond acceptors (Lipinski definition) is 3. The first kappa shape index (κ1) is 15.4. The Morgan fingerprint density at radius 2 is 2.22 bits per heavy atom. The van der Waals surface area contributed by atoms with Crippen molar-refractivity contribution in [1.82, 2.24) is 4.90 Å². The van der Waals surface area contributed by atoms with Gasteiger partial charge in [0.25, 0.3) is 0 Å². The molecule has 1 aliphatic heterocycles. The number of nitrogens with two attached hydrogens (primary N) is 1. The highest BCUT2D eigenvalue weighted by atomic mass is 16.3. The smallest absolute Gasteiger partial charge is 0.222 e. The molecule has 3 N–H and O–H groups in total. The molecule has 1 saturated heterocycles. The van der Waals surface area contributed by atoms with E-state index in [-0.39, 0.29) is 12.0 Å². The topological polar surface area (TPSA) is 66.6 Å². The van der Waals surface area contributed by atoms with E-state index in [2.05, 4.69) is 6.92 Å². The minimum Gasteiger partial charge on any atom is -0.391 e. The van der Waals surface area contributed by atoms with E-state index < -0.39 is 0 Å². The van der Waals surface area contributed by atoms with Gasteiger partial charge in [-0.15, -0.1) is 0 Å². The first-order valence-corrected chi connectivity index (χ1v) is 7.33. The van der Waals surface area contributed by atoms with E-state index in [4.69, 9.17) is 5.73 Å². The van der Waals surface area contributed by atoms with E-state index in [1.54, 1.807) is 0 Å². The van der Waals surface area contributed by atoms with Crippen LogP contribution in [-0.2, 0) is 4.79 Å². The van der Waals surface area contributed by atoms with Crippen molar-refractivity contribution in [3.05, 3.63) is 0 Å². The number of rotatable bonds is 7. The molecule has 0 aromatic rings. The van der Waals surface area contributed by atoms with Gasteiger partial charge in [0.2, 0.25) is 5.91 Å². The molecule has 0 aromatic carbocycles. The van der Waals surface area contributed by atoms with Crippen LogP contribution in [0, 0.1) is 5.92 Å². The molecule has 0 bridgehead atoms. The van der Waals surface area contributed by atoms with Crippen molar-refractivity contribution in [1.29, 1.82) is 0 Å². The molecule has 1 heterocycles. The second-order valence-corrected chi connectivity index (χ2v) is 5.41. The summed E-state index contributed by atoms with van der Waals surface area (Å²) in [5, 5.41) is 9.56.